The number of aryl methyl sites for hydroxylation is 1. The Labute approximate surface area is 87.7 Å². The third-order valence-corrected chi connectivity index (χ3v) is 3.34. The van der Waals surface area contributed by atoms with E-state index in [1.54, 1.807) is 11.8 Å². The zero-order chi connectivity index (χ0) is 9.80. The summed E-state index contributed by atoms with van der Waals surface area (Å²) in [6, 6.07) is 0. The molecule has 2 rings (SSSR count). The highest BCUT2D eigenvalue weighted by Gasteiger charge is 2.14. The molecular weight excluding hydrogens is 198 g/mol. The maximum atomic E-state index is 8.67. The fourth-order valence-corrected chi connectivity index (χ4v) is 2.37. The van der Waals surface area contributed by atoms with E-state index >= 15 is 0 Å². The number of hydrogen-bond donors (Lipinski definition) is 1. The predicted molar refractivity (Wildman–Crippen MR) is 56.2 cm³/mol. The molecule has 1 N–H and O–H groups in total. The Balaban J connectivity index is 1.99. The Morgan fingerprint density at radius 2 is 2.29 bits per heavy atom. The van der Waals surface area contributed by atoms with Crippen LogP contribution in [0.2, 0.25) is 0 Å². The lowest BCUT2D eigenvalue weighted by Gasteiger charge is -2.14. The first-order valence-corrected chi connectivity index (χ1v) is 6.17. The highest BCUT2D eigenvalue weighted by Crippen LogP contribution is 2.17. The van der Waals surface area contributed by atoms with E-state index in [2.05, 4.69) is 14.8 Å². The zero-order valence-corrected chi connectivity index (χ0v) is 8.96. The van der Waals surface area contributed by atoms with Crippen LogP contribution in [0.25, 0.3) is 0 Å². The molecule has 0 spiro atoms. The van der Waals surface area contributed by atoms with Gasteiger partial charge in [0.05, 0.1) is 12.4 Å². The number of fused-ring (bicyclic) bond motifs is 1. The number of aliphatic hydroxyl groups excluding tert-OH is 1. The fraction of sp³-hybridized carbons (Fsp3) is 0.778. The van der Waals surface area contributed by atoms with Gasteiger partial charge in [-0.05, 0) is 12.8 Å². The average Bonchev–Trinajstić information content (AvgIpc) is 2.63. The normalized spacial score (nSPS) is 15.5. The van der Waals surface area contributed by atoms with Crippen LogP contribution in [0.4, 0.5) is 0 Å². The molecule has 0 aliphatic carbocycles. The van der Waals surface area contributed by atoms with Gasteiger partial charge in [-0.1, -0.05) is 0 Å². The lowest BCUT2D eigenvalue weighted by Crippen LogP contribution is -2.12. The van der Waals surface area contributed by atoms with Crippen LogP contribution < -0.4 is 0 Å². The summed E-state index contributed by atoms with van der Waals surface area (Å²) in [7, 11) is 0. The van der Waals surface area contributed by atoms with Gasteiger partial charge in [-0.2, -0.15) is 11.8 Å². The van der Waals surface area contributed by atoms with E-state index in [0.29, 0.717) is 0 Å². The van der Waals surface area contributed by atoms with Crippen LogP contribution in [0.5, 0.6) is 0 Å². The molecule has 2 heterocycles. The van der Waals surface area contributed by atoms with Gasteiger partial charge in [-0.3, -0.25) is 0 Å². The molecule has 5 heteroatoms. The molecule has 78 valence electrons. The molecule has 14 heavy (non-hydrogen) atoms. The third kappa shape index (κ3) is 2.09. The second-order valence-electron chi connectivity index (χ2n) is 3.42. The monoisotopic (exact) mass is 213 g/mol. The third-order valence-electron chi connectivity index (χ3n) is 2.40. The molecule has 0 saturated heterocycles. The Bertz CT molecular complexity index is 300. The summed E-state index contributed by atoms with van der Waals surface area (Å²) in [5, 5.41) is 17.0. The molecule has 0 fully saturated rings. The van der Waals surface area contributed by atoms with Crippen molar-refractivity contribution in [1.82, 2.24) is 14.8 Å². The first-order chi connectivity index (χ1) is 6.92. The summed E-state index contributed by atoms with van der Waals surface area (Å²) in [5.74, 6) is 3.85. The molecule has 0 bridgehead atoms. The van der Waals surface area contributed by atoms with Crippen molar-refractivity contribution in [1.29, 1.82) is 0 Å². The quantitative estimate of drug-likeness (QED) is 0.753. The van der Waals surface area contributed by atoms with Gasteiger partial charge in [-0.25, -0.2) is 0 Å². The maximum absolute atomic E-state index is 8.67. The van der Waals surface area contributed by atoms with Gasteiger partial charge < -0.3 is 9.67 Å². The minimum Gasteiger partial charge on any atom is -0.396 e. The summed E-state index contributed by atoms with van der Waals surface area (Å²) < 4.78 is 2.23. The van der Waals surface area contributed by atoms with Crippen LogP contribution in [-0.4, -0.2) is 32.2 Å². The Hall–Kier alpha value is -0.550. The lowest BCUT2D eigenvalue weighted by atomic mass is 10.2. The number of hydrogen-bond acceptors (Lipinski definition) is 4. The Morgan fingerprint density at radius 1 is 1.36 bits per heavy atom. The maximum Gasteiger partial charge on any atom is 0.143 e. The molecule has 0 aromatic carbocycles. The van der Waals surface area contributed by atoms with Crippen LogP contribution in [0, 0.1) is 0 Å². The SMILES string of the molecule is OCCSCc1nnc2n1CCCC2. The lowest BCUT2D eigenvalue weighted by molar-refractivity contribution is 0.322. The van der Waals surface area contributed by atoms with Crippen molar-refractivity contribution in [2.45, 2.75) is 31.6 Å². The van der Waals surface area contributed by atoms with Gasteiger partial charge in [0.2, 0.25) is 0 Å². The first kappa shape index (κ1) is 9.98. The molecule has 0 saturated carbocycles. The summed E-state index contributed by atoms with van der Waals surface area (Å²) >= 11 is 1.71. The van der Waals surface area contributed by atoms with Crippen molar-refractivity contribution in [3.8, 4) is 0 Å². The number of aromatic nitrogens is 3. The fourth-order valence-electron chi connectivity index (χ4n) is 1.70. The van der Waals surface area contributed by atoms with Crippen molar-refractivity contribution in [3.05, 3.63) is 11.6 Å². The van der Waals surface area contributed by atoms with Crippen molar-refractivity contribution in [3.63, 3.8) is 0 Å². The van der Waals surface area contributed by atoms with Gasteiger partial charge in [0, 0.05) is 18.7 Å². The average molecular weight is 213 g/mol. The van der Waals surface area contributed by atoms with E-state index in [1.807, 2.05) is 0 Å². The molecule has 0 amide bonds. The number of nitrogens with zero attached hydrogens (tertiary/aromatic N) is 3. The van der Waals surface area contributed by atoms with Gasteiger partial charge >= 0.3 is 0 Å². The van der Waals surface area contributed by atoms with Crippen LogP contribution >= 0.6 is 11.8 Å². The van der Waals surface area contributed by atoms with E-state index in [0.717, 1.165) is 36.1 Å². The van der Waals surface area contributed by atoms with Gasteiger partial charge in [0.15, 0.2) is 0 Å². The molecule has 0 radical (unpaired) electrons. The van der Waals surface area contributed by atoms with Crippen molar-refractivity contribution in [2.75, 3.05) is 12.4 Å². The topological polar surface area (TPSA) is 50.9 Å². The molecule has 1 aromatic rings. The first-order valence-electron chi connectivity index (χ1n) is 5.01. The molecule has 0 atom stereocenters. The molecule has 1 aromatic heterocycles. The minimum atomic E-state index is 0.242. The second kappa shape index (κ2) is 4.79. The smallest absolute Gasteiger partial charge is 0.143 e. The molecule has 4 nitrogen and oxygen atoms in total. The van der Waals surface area contributed by atoms with Crippen molar-refractivity contribution >= 4 is 11.8 Å². The highest BCUT2D eigenvalue weighted by molar-refractivity contribution is 7.98. The molecular formula is C9H15N3OS. The predicted octanol–water partition coefficient (Wildman–Crippen LogP) is 0.840. The van der Waals surface area contributed by atoms with E-state index in [9.17, 15) is 0 Å². The van der Waals surface area contributed by atoms with Gasteiger partial charge in [0.1, 0.15) is 11.6 Å². The summed E-state index contributed by atoms with van der Waals surface area (Å²) in [5.41, 5.74) is 0. The van der Waals surface area contributed by atoms with E-state index in [4.69, 9.17) is 5.11 Å². The summed E-state index contributed by atoms with van der Waals surface area (Å²) in [6.07, 6.45) is 3.54. The van der Waals surface area contributed by atoms with Crippen molar-refractivity contribution in [2.24, 2.45) is 0 Å². The van der Waals surface area contributed by atoms with Gasteiger partial charge in [0.25, 0.3) is 0 Å². The van der Waals surface area contributed by atoms with Crippen LogP contribution in [0.3, 0.4) is 0 Å². The van der Waals surface area contributed by atoms with E-state index in [1.165, 1.54) is 12.8 Å². The molecule has 1 aliphatic rings. The van der Waals surface area contributed by atoms with Crippen LogP contribution in [-0.2, 0) is 18.7 Å². The summed E-state index contributed by atoms with van der Waals surface area (Å²) in [4.78, 5) is 0. The van der Waals surface area contributed by atoms with E-state index in [-0.39, 0.29) is 6.61 Å². The minimum absolute atomic E-state index is 0.242. The van der Waals surface area contributed by atoms with Crippen LogP contribution in [0.15, 0.2) is 0 Å². The standard InChI is InChI=1S/C9H15N3OS/c13-5-6-14-7-9-11-10-8-3-1-2-4-12(8)9/h13H,1-7H2. The Morgan fingerprint density at radius 3 is 3.14 bits per heavy atom. The highest BCUT2D eigenvalue weighted by atomic mass is 32.2. The van der Waals surface area contributed by atoms with Crippen LogP contribution in [0.1, 0.15) is 24.5 Å². The largest absolute Gasteiger partial charge is 0.396 e. The van der Waals surface area contributed by atoms with Crippen molar-refractivity contribution < 1.29 is 5.11 Å². The number of rotatable bonds is 4. The molecule has 0 unspecified atom stereocenters. The zero-order valence-electron chi connectivity index (χ0n) is 8.15. The number of aliphatic hydroxyl groups is 1. The Kier molecular flexibility index (Phi) is 3.42. The second-order valence-corrected chi connectivity index (χ2v) is 4.52. The van der Waals surface area contributed by atoms with E-state index < -0.39 is 0 Å². The number of thioether (sulfide) groups is 1. The summed E-state index contributed by atoms with van der Waals surface area (Å²) in [6.45, 7) is 1.31. The molecule has 1 aliphatic heterocycles. The van der Waals surface area contributed by atoms with Gasteiger partial charge in [-0.15, -0.1) is 10.2 Å².